The molecule has 0 aromatic rings. The van der Waals surface area contributed by atoms with Gasteiger partial charge in [0, 0.05) is 6.42 Å². The molecular formula is C7H14O2. The summed E-state index contributed by atoms with van der Waals surface area (Å²) in [7, 11) is 0. The van der Waals surface area contributed by atoms with E-state index in [2.05, 4.69) is 0 Å². The maximum Gasteiger partial charge on any atom is 0.132 e. The number of hydrogen-bond acceptors (Lipinski definition) is 2. The van der Waals surface area contributed by atoms with E-state index >= 15 is 0 Å². The van der Waals surface area contributed by atoms with Gasteiger partial charge in [-0.3, -0.25) is 4.79 Å². The third-order valence-electron chi connectivity index (χ3n) is 1.39. The number of carbonyl (C=O) groups excluding carboxylic acids is 1. The van der Waals surface area contributed by atoms with Crippen LogP contribution in [0.15, 0.2) is 0 Å². The molecular weight excluding hydrogens is 116 g/mol. The standard InChI is InChI=1S/C7H14O2/c1-4-7(3,9)5-6(2)8/h9H,4-5H2,1-3H3. The second kappa shape index (κ2) is 2.97. The van der Waals surface area contributed by atoms with Gasteiger partial charge in [0.25, 0.3) is 0 Å². The van der Waals surface area contributed by atoms with Crippen LogP contribution in [0.25, 0.3) is 0 Å². The molecule has 0 heterocycles. The number of ketones is 1. The Kier molecular flexibility index (Phi) is 2.85. The Bertz CT molecular complexity index is 105. The Hall–Kier alpha value is -0.370. The molecule has 9 heavy (non-hydrogen) atoms. The highest BCUT2D eigenvalue weighted by atomic mass is 16.3. The Morgan fingerprint density at radius 3 is 2.22 bits per heavy atom. The fraction of sp³-hybridized carbons (Fsp3) is 0.857. The summed E-state index contributed by atoms with van der Waals surface area (Å²) in [4.78, 5) is 10.5. The minimum atomic E-state index is -0.786. The molecule has 0 saturated heterocycles. The number of rotatable bonds is 3. The smallest absolute Gasteiger partial charge is 0.132 e. The maximum absolute atomic E-state index is 10.5. The van der Waals surface area contributed by atoms with E-state index in [1.807, 2.05) is 6.92 Å². The van der Waals surface area contributed by atoms with Crippen LogP contribution < -0.4 is 0 Å². The first-order valence-electron chi connectivity index (χ1n) is 3.20. The summed E-state index contributed by atoms with van der Waals surface area (Å²) >= 11 is 0. The zero-order valence-electron chi connectivity index (χ0n) is 6.27. The Balaban J connectivity index is 3.71. The van der Waals surface area contributed by atoms with Crippen molar-refractivity contribution in [2.24, 2.45) is 0 Å². The normalized spacial score (nSPS) is 16.9. The van der Waals surface area contributed by atoms with Gasteiger partial charge in [0.1, 0.15) is 5.78 Å². The average molecular weight is 130 g/mol. The van der Waals surface area contributed by atoms with Crippen molar-refractivity contribution < 1.29 is 9.90 Å². The average Bonchev–Trinajstić information content (AvgIpc) is 1.63. The number of aliphatic hydroxyl groups is 1. The first kappa shape index (κ1) is 8.63. The molecule has 0 aliphatic carbocycles. The Morgan fingerprint density at radius 1 is 1.67 bits per heavy atom. The lowest BCUT2D eigenvalue weighted by Gasteiger charge is -2.18. The van der Waals surface area contributed by atoms with Gasteiger partial charge in [0.2, 0.25) is 0 Å². The molecule has 0 rings (SSSR count). The van der Waals surface area contributed by atoms with E-state index in [9.17, 15) is 9.90 Å². The van der Waals surface area contributed by atoms with Crippen molar-refractivity contribution in [1.29, 1.82) is 0 Å². The Labute approximate surface area is 55.9 Å². The second-order valence-corrected chi connectivity index (χ2v) is 2.73. The first-order valence-corrected chi connectivity index (χ1v) is 3.20. The molecule has 0 aromatic carbocycles. The number of carbonyl (C=O) groups is 1. The summed E-state index contributed by atoms with van der Waals surface area (Å²) in [6.45, 7) is 5.03. The van der Waals surface area contributed by atoms with E-state index in [0.29, 0.717) is 6.42 Å². The van der Waals surface area contributed by atoms with Gasteiger partial charge in [0.05, 0.1) is 5.60 Å². The fourth-order valence-corrected chi connectivity index (χ4v) is 0.661. The highest BCUT2D eigenvalue weighted by Gasteiger charge is 2.18. The van der Waals surface area contributed by atoms with Crippen molar-refractivity contribution in [3.63, 3.8) is 0 Å². The van der Waals surface area contributed by atoms with Crippen molar-refractivity contribution >= 4 is 5.78 Å². The molecule has 0 aliphatic rings. The van der Waals surface area contributed by atoms with Gasteiger partial charge in [-0.2, -0.15) is 0 Å². The van der Waals surface area contributed by atoms with E-state index in [1.54, 1.807) is 6.92 Å². The van der Waals surface area contributed by atoms with Crippen LogP contribution in [0.5, 0.6) is 0 Å². The molecule has 0 radical (unpaired) electrons. The van der Waals surface area contributed by atoms with Crippen LogP contribution in [0.2, 0.25) is 0 Å². The summed E-state index contributed by atoms with van der Waals surface area (Å²) in [5.74, 6) is 0.0434. The van der Waals surface area contributed by atoms with E-state index in [1.165, 1.54) is 6.92 Å². The topological polar surface area (TPSA) is 37.3 Å². The van der Waals surface area contributed by atoms with Gasteiger partial charge in [-0.1, -0.05) is 6.92 Å². The molecule has 0 amide bonds. The molecule has 0 aromatic heterocycles. The van der Waals surface area contributed by atoms with E-state index < -0.39 is 5.60 Å². The van der Waals surface area contributed by atoms with Crippen molar-refractivity contribution in [2.45, 2.75) is 39.2 Å². The van der Waals surface area contributed by atoms with Gasteiger partial charge in [-0.05, 0) is 20.3 Å². The molecule has 1 atom stereocenters. The van der Waals surface area contributed by atoms with Crippen LogP contribution in [0.3, 0.4) is 0 Å². The number of Topliss-reactive ketones (excluding diaryl/α,β-unsaturated/α-hetero) is 1. The summed E-state index contributed by atoms with van der Waals surface area (Å²) in [5.41, 5.74) is -0.786. The van der Waals surface area contributed by atoms with E-state index in [0.717, 1.165) is 0 Å². The minimum Gasteiger partial charge on any atom is -0.390 e. The molecule has 0 saturated carbocycles. The molecule has 0 fully saturated rings. The highest BCUT2D eigenvalue weighted by Crippen LogP contribution is 2.12. The molecule has 0 aliphatic heterocycles. The van der Waals surface area contributed by atoms with Gasteiger partial charge in [0.15, 0.2) is 0 Å². The second-order valence-electron chi connectivity index (χ2n) is 2.73. The third-order valence-corrected chi connectivity index (χ3v) is 1.39. The molecule has 54 valence electrons. The van der Waals surface area contributed by atoms with Crippen molar-refractivity contribution in [3.05, 3.63) is 0 Å². The first-order chi connectivity index (χ1) is 3.98. The minimum absolute atomic E-state index is 0.0434. The molecule has 0 bridgehead atoms. The monoisotopic (exact) mass is 130 g/mol. The van der Waals surface area contributed by atoms with Crippen molar-refractivity contribution in [3.8, 4) is 0 Å². The highest BCUT2D eigenvalue weighted by molar-refractivity contribution is 5.76. The van der Waals surface area contributed by atoms with Crippen LogP contribution in [0.1, 0.15) is 33.6 Å². The van der Waals surface area contributed by atoms with Crippen molar-refractivity contribution in [2.75, 3.05) is 0 Å². The lowest BCUT2D eigenvalue weighted by atomic mass is 9.97. The van der Waals surface area contributed by atoms with Crippen LogP contribution in [0.4, 0.5) is 0 Å². The predicted molar refractivity (Wildman–Crippen MR) is 36.2 cm³/mol. The van der Waals surface area contributed by atoms with Gasteiger partial charge < -0.3 is 5.11 Å². The lowest BCUT2D eigenvalue weighted by Crippen LogP contribution is -2.25. The molecule has 0 spiro atoms. The number of hydrogen-bond donors (Lipinski definition) is 1. The predicted octanol–water partition coefficient (Wildman–Crippen LogP) is 1.13. The van der Waals surface area contributed by atoms with Crippen LogP contribution >= 0.6 is 0 Å². The van der Waals surface area contributed by atoms with Crippen LogP contribution in [0, 0.1) is 0 Å². The zero-order valence-corrected chi connectivity index (χ0v) is 6.27. The van der Waals surface area contributed by atoms with Crippen LogP contribution in [-0.2, 0) is 4.79 Å². The lowest BCUT2D eigenvalue weighted by molar-refractivity contribution is -0.121. The summed E-state index contributed by atoms with van der Waals surface area (Å²) in [6, 6.07) is 0. The van der Waals surface area contributed by atoms with E-state index in [4.69, 9.17) is 0 Å². The van der Waals surface area contributed by atoms with Gasteiger partial charge >= 0.3 is 0 Å². The summed E-state index contributed by atoms with van der Waals surface area (Å²) < 4.78 is 0. The quantitative estimate of drug-likeness (QED) is 0.621. The van der Waals surface area contributed by atoms with Gasteiger partial charge in [-0.25, -0.2) is 0 Å². The molecule has 1 N–H and O–H groups in total. The maximum atomic E-state index is 10.5. The SMILES string of the molecule is CCC(C)(O)CC(C)=O. The molecule has 2 heteroatoms. The zero-order chi connectivity index (χ0) is 7.49. The van der Waals surface area contributed by atoms with E-state index in [-0.39, 0.29) is 12.2 Å². The molecule has 1 unspecified atom stereocenters. The Morgan fingerprint density at radius 2 is 2.11 bits per heavy atom. The van der Waals surface area contributed by atoms with Gasteiger partial charge in [-0.15, -0.1) is 0 Å². The summed E-state index contributed by atoms with van der Waals surface area (Å²) in [5, 5.41) is 9.27. The van der Waals surface area contributed by atoms with Crippen LogP contribution in [-0.4, -0.2) is 16.5 Å². The fourth-order valence-electron chi connectivity index (χ4n) is 0.661. The van der Waals surface area contributed by atoms with Crippen molar-refractivity contribution in [1.82, 2.24) is 0 Å². The third kappa shape index (κ3) is 4.15. The summed E-state index contributed by atoms with van der Waals surface area (Å²) in [6.07, 6.45) is 0.899. The molecule has 2 nitrogen and oxygen atoms in total. The largest absolute Gasteiger partial charge is 0.390 e.